The van der Waals surface area contributed by atoms with Crippen molar-refractivity contribution in [2.75, 3.05) is 7.05 Å². The molecule has 1 aliphatic rings. The van der Waals surface area contributed by atoms with Crippen LogP contribution in [0.5, 0.6) is 5.75 Å². The van der Waals surface area contributed by atoms with Crippen LogP contribution in [0.4, 0.5) is 13.2 Å². The van der Waals surface area contributed by atoms with Gasteiger partial charge < -0.3 is 10.5 Å². The Kier molecular flexibility index (Phi) is 4.54. The third-order valence-electron chi connectivity index (χ3n) is 4.29. The van der Waals surface area contributed by atoms with Gasteiger partial charge >= 0.3 is 6.36 Å². The van der Waals surface area contributed by atoms with Gasteiger partial charge in [-0.2, -0.15) is 0 Å². The van der Waals surface area contributed by atoms with Crippen LogP contribution in [0.25, 0.3) is 11.1 Å². The first-order valence-corrected chi connectivity index (χ1v) is 8.02. The van der Waals surface area contributed by atoms with Crippen LogP contribution in [-0.2, 0) is 10.3 Å². The van der Waals surface area contributed by atoms with Gasteiger partial charge in [-0.3, -0.25) is 14.7 Å². The quantitative estimate of drug-likeness (QED) is 0.890. The van der Waals surface area contributed by atoms with Crippen LogP contribution >= 0.6 is 0 Å². The van der Waals surface area contributed by atoms with Gasteiger partial charge in [0.05, 0.1) is 12.1 Å². The normalized spacial score (nSPS) is 20.4. The summed E-state index contributed by atoms with van der Waals surface area (Å²) in [7, 11) is 1.54. The molecule has 1 amide bonds. The van der Waals surface area contributed by atoms with Gasteiger partial charge in [-0.1, -0.05) is 12.1 Å². The Hall–Kier alpha value is -3.10. The number of benzene rings is 1. The van der Waals surface area contributed by atoms with Crippen molar-refractivity contribution in [1.82, 2.24) is 9.88 Å². The second-order valence-electron chi connectivity index (χ2n) is 6.38. The number of rotatable bonds is 3. The summed E-state index contributed by atoms with van der Waals surface area (Å²) in [6.07, 6.45) is -3.17. The first-order valence-electron chi connectivity index (χ1n) is 8.02. The Morgan fingerprint density at radius 1 is 1.22 bits per heavy atom. The van der Waals surface area contributed by atoms with Crippen LogP contribution in [0, 0.1) is 0 Å². The third-order valence-corrected chi connectivity index (χ3v) is 4.29. The number of hydrogen-bond donors (Lipinski definition) is 1. The van der Waals surface area contributed by atoms with Crippen molar-refractivity contribution in [2.45, 2.75) is 25.2 Å². The second kappa shape index (κ2) is 6.57. The fraction of sp³-hybridized carbons (Fsp3) is 0.278. The van der Waals surface area contributed by atoms with E-state index in [2.05, 4.69) is 14.7 Å². The van der Waals surface area contributed by atoms with Gasteiger partial charge in [0.1, 0.15) is 11.3 Å². The van der Waals surface area contributed by atoms with Crippen LogP contribution < -0.4 is 10.5 Å². The minimum Gasteiger partial charge on any atom is -0.406 e. The first-order chi connectivity index (χ1) is 12.6. The summed E-state index contributed by atoms with van der Waals surface area (Å²) in [5, 5.41) is 0. The molecule has 0 radical (unpaired) electrons. The fourth-order valence-corrected chi connectivity index (χ4v) is 2.83. The molecular weight excluding hydrogens is 361 g/mol. The smallest absolute Gasteiger partial charge is 0.406 e. The summed E-state index contributed by atoms with van der Waals surface area (Å²) in [5.74, 6) is -0.430. The van der Waals surface area contributed by atoms with Crippen LogP contribution in [0.15, 0.2) is 47.6 Å². The average Bonchev–Trinajstić information content (AvgIpc) is 2.58. The zero-order valence-corrected chi connectivity index (χ0v) is 14.6. The fourth-order valence-electron chi connectivity index (χ4n) is 2.83. The molecule has 27 heavy (non-hydrogen) atoms. The van der Waals surface area contributed by atoms with Gasteiger partial charge in [-0.05, 0) is 42.3 Å². The van der Waals surface area contributed by atoms with Gasteiger partial charge in [-0.15, -0.1) is 13.2 Å². The van der Waals surface area contributed by atoms with E-state index < -0.39 is 11.9 Å². The highest BCUT2D eigenvalue weighted by molar-refractivity contribution is 5.98. The molecule has 2 heterocycles. The van der Waals surface area contributed by atoms with Crippen molar-refractivity contribution >= 4 is 11.9 Å². The number of carbonyl (C=O) groups is 1. The number of guanidine groups is 1. The number of amides is 1. The lowest BCUT2D eigenvalue weighted by molar-refractivity contribution is -0.274. The van der Waals surface area contributed by atoms with Crippen molar-refractivity contribution < 1.29 is 22.7 Å². The van der Waals surface area contributed by atoms with Crippen molar-refractivity contribution in [3.63, 3.8) is 0 Å². The minimum absolute atomic E-state index is 0.0812. The predicted molar refractivity (Wildman–Crippen MR) is 92.7 cm³/mol. The largest absolute Gasteiger partial charge is 0.573 e. The summed E-state index contributed by atoms with van der Waals surface area (Å²) in [6, 6.07) is 8.97. The molecule has 0 spiro atoms. The van der Waals surface area contributed by atoms with Crippen LogP contribution in [0.3, 0.4) is 0 Å². The van der Waals surface area contributed by atoms with E-state index in [1.54, 1.807) is 25.1 Å². The minimum atomic E-state index is -4.77. The molecule has 2 N–H and O–H groups in total. The summed E-state index contributed by atoms with van der Waals surface area (Å²) >= 11 is 0. The molecule has 9 heteroatoms. The number of nitrogens with two attached hydrogens (primary N) is 1. The number of aromatic nitrogens is 1. The Morgan fingerprint density at radius 3 is 2.59 bits per heavy atom. The number of hydrogen-bond acceptors (Lipinski definition) is 5. The lowest BCUT2D eigenvalue weighted by Crippen LogP contribution is -2.47. The van der Waals surface area contributed by atoms with Gasteiger partial charge in [0.25, 0.3) is 0 Å². The lowest BCUT2D eigenvalue weighted by atomic mass is 9.90. The highest BCUT2D eigenvalue weighted by Crippen LogP contribution is 2.34. The molecule has 0 saturated carbocycles. The number of halogens is 3. The lowest BCUT2D eigenvalue weighted by Gasteiger charge is -2.32. The van der Waals surface area contributed by atoms with Crippen LogP contribution in [0.2, 0.25) is 0 Å². The zero-order valence-electron chi connectivity index (χ0n) is 14.6. The van der Waals surface area contributed by atoms with E-state index in [0.717, 1.165) is 0 Å². The molecule has 6 nitrogen and oxygen atoms in total. The molecule has 2 aromatic rings. The molecule has 1 atom stereocenters. The Bertz CT molecular complexity index is 913. The van der Waals surface area contributed by atoms with Gasteiger partial charge in [0.2, 0.25) is 5.91 Å². The van der Waals surface area contributed by atoms with Crippen molar-refractivity contribution in [3.8, 4) is 16.9 Å². The van der Waals surface area contributed by atoms with E-state index in [9.17, 15) is 18.0 Å². The average molecular weight is 378 g/mol. The highest BCUT2D eigenvalue weighted by Gasteiger charge is 2.37. The molecular formula is C18H17F3N4O2. The summed E-state index contributed by atoms with van der Waals surface area (Å²) < 4.78 is 41.3. The summed E-state index contributed by atoms with van der Waals surface area (Å²) in [4.78, 5) is 22.1. The van der Waals surface area contributed by atoms with E-state index in [4.69, 9.17) is 5.73 Å². The van der Waals surface area contributed by atoms with Gasteiger partial charge in [0.15, 0.2) is 5.96 Å². The van der Waals surface area contributed by atoms with Crippen molar-refractivity contribution in [2.24, 2.45) is 10.7 Å². The number of aliphatic imine (C=N–C) groups is 1. The van der Waals surface area contributed by atoms with Gasteiger partial charge in [-0.25, -0.2) is 4.99 Å². The van der Waals surface area contributed by atoms with E-state index in [1.165, 1.54) is 36.3 Å². The van der Waals surface area contributed by atoms with E-state index in [1.807, 2.05) is 0 Å². The van der Waals surface area contributed by atoms with E-state index in [-0.39, 0.29) is 24.0 Å². The Labute approximate surface area is 153 Å². The first kappa shape index (κ1) is 18.7. The molecule has 0 aliphatic carbocycles. The number of alkyl halides is 3. The SMILES string of the molecule is CN1C(=O)C[C@@](C)(c2cc(-c3cccc(OC(F)(F)F)c3)ccn2)N=C1N. The van der Waals surface area contributed by atoms with Crippen LogP contribution in [-0.4, -0.2) is 35.2 Å². The molecule has 0 unspecified atom stereocenters. The molecule has 1 aliphatic heterocycles. The molecule has 0 bridgehead atoms. The van der Waals surface area contributed by atoms with E-state index in [0.29, 0.717) is 16.8 Å². The highest BCUT2D eigenvalue weighted by atomic mass is 19.4. The molecule has 3 rings (SSSR count). The number of pyridine rings is 1. The molecule has 1 aromatic carbocycles. The maximum atomic E-state index is 12.4. The van der Waals surface area contributed by atoms with E-state index >= 15 is 0 Å². The molecule has 1 aromatic heterocycles. The van der Waals surface area contributed by atoms with Crippen molar-refractivity contribution in [1.29, 1.82) is 0 Å². The number of ether oxygens (including phenoxy) is 1. The summed E-state index contributed by atoms with van der Waals surface area (Å²) in [5.41, 5.74) is 6.48. The van der Waals surface area contributed by atoms with Crippen molar-refractivity contribution in [3.05, 3.63) is 48.3 Å². The maximum absolute atomic E-state index is 12.4. The van der Waals surface area contributed by atoms with Gasteiger partial charge in [0, 0.05) is 13.2 Å². The topological polar surface area (TPSA) is 80.8 Å². The number of nitrogens with zero attached hydrogens (tertiary/aromatic N) is 3. The molecule has 142 valence electrons. The Balaban J connectivity index is 1.97. The molecule has 0 fully saturated rings. The zero-order chi connectivity index (χ0) is 19.8. The van der Waals surface area contributed by atoms with Crippen LogP contribution in [0.1, 0.15) is 19.0 Å². The second-order valence-corrected chi connectivity index (χ2v) is 6.38. The molecule has 0 saturated heterocycles. The standard InChI is InChI=1S/C18H17F3N4O2/c1-17(10-15(26)25(2)16(22)24-17)14-9-12(6-7-23-14)11-4-3-5-13(8-11)27-18(19,20)21/h3-9H,10H2,1-2H3,(H2,22,24)/t17-/m0/s1. The maximum Gasteiger partial charge on any atom is 0.573 e. The monoisotopic (exact) mass is 378 g/mol. The Morgan fingerprint density at radius 2 is 1.93 bits per heavy atom. The predicted octanol–water partition coefficient (Wildman–Crippen LogP) is 3.04. The third kappa shape index (κ3) is 4.02. The summed E-state index contributed by atoms with van der Waals surface area (Å²) in [6.45, 7) is 1.74. The number of carbonyl (C=O) groups excluding carboxylic acids is 1.